The highest BCUT2D eigenvalue weighted by atomic mass is 127. The summed E-state index contributed by atoms with van der Waals surface area (Å²) in [6, 6.07) is 0. The Morgan fingerprint density at radius 3 is 2.48 bits per heavy atom. The van der Waals surface area contributed by atoms with Gasteiger partial charge in [-0.3, -0.25) is 4.99 Å². The summed E-state index contributed by atoms with van der Waals surface area (Å²) in [7, 11) is -3.19. The number of sulfonamides is 1. The third-order valence-electron chi connectivity index (χ3n) is 3.86. The summed E-state index contributed by atoms with van der Waals surface area (Å²) in [6.07, 6.45) is 6.93. The molecular formula is C15H33IN4O2S. The summed E-state index contributed by atoms with van der Waals surface area (Å²) >= 11 is 0. The van der Waals surface area contributed by atoms with Gasteiger partial charge >= 0.3 is 0 Å². The average Bonchev–Trinajstić information content (AvgIpc) is 2.41. The van der Waals surface area contributed by atoms with Gasteiger partial charge in [0.2, 0.25) is 10.0 Å². The van der Waals surface area contributed by atoms with Gasteiger partial charge in [0, 0.05) is 26.2 Å². The van der Waals surface area contributed by atoms with E-state index in [2.05, 4.69) is 27.3 Å². The molecule has 0 saturated heterocycles. The molecule has 0 aromatic heterocycles. The van der Waals surface area contributed by atoms with Crippen molar-refractivity contribution >= 4 is 40.0 Å². The van der Waals surface area contributed by atoms with Gasteiger partial charge in [-0.05, 0) is 32.1 Å². The van der Waals surface area contributed by atoms with E-state index in [0.717, 1.165) is 32.4 Å². The standard InChI is InChI=1S/C15H32N4O2S.HI/c1-3-5-6-10-17-15(16-4-2)18-11-12-22(20,21)19-13-14-8-7-9-14;/h14,19H,3-13H2,1-2H3,(H2,16,17,18);1H. The Morgan fingerprint density at radius 1 is 1.17 bits per heavy atom. The molecule has 0 radical (unpaired) electrons. The normalized spacial score (nSPS) is 15.7. The number of hydrogen-bond donors (Lipinski definition) is 3. The number of unbranched alkanes of at least 4 members (excludes halogenated alkanes) is 2. The second kappa shape index (κ2) is 13.2. The molecule has 23 heavy (non-hydrogen) atoms. The maximum absolute atomic E-state index is 11.9. The summed E-state index contributed by atoms with van der Waals surface area (Å²) in [5.41, 5.74) is 0. The largest absolute Gasteiger partial charge is 0.357 e. The molecule has 0 bridgehead atoms. The number of hydrogen-bond acceptors (Lipinski definition) is 3. The summed E-state index contributed by atoms with van der Waals surface area (Å²) < 4.78 is 26.5. The minimum absolute atomic E-state index is 0. The van der Waals surface area contributed by atoms with Gasteiger partial charge in [0.15, 0.2) is 5.96 Å². The second-order valence-electron chi connectivity index (χ2n) is 5.86. The third-order valence-corrected chi connectivity index (χ3v) is 5.20. The molecule has 0 aromatic carbocycles. The van der Waals surface area contributed by atoms with Crippen LogP contribution in [0.2, 0.25) is 0 Å². The zero-order chi connectivity index (χ0) is 16.3. The van der Waals surface area contributed by atoms with E-state index in [0.29, 0.717) is 25.0 Å². The summed E-state index contributed by atoms with van der Waals surface area (Å²) in [6.45, 7) is 6.67. The van der Waals surface area contributed by atoms with Crippen LogP contribution >= 0.6 is 24.0 Å². The van der Waals surface area contributed by atoms with Crippen LogP contribution in [0.25, 0.3) is 0 Å². The van der Waals surface area contributed by atoms with Gasteiger partial charge in [-0.2, -0.15) is 0 Å². The first kappa shape index (κ1) is 22.9. The van der Waals surface area contributed by atoms with Crippen LogP contribution < -0.4 is 15.4 Å². The Hall–Kier alpha value is -0.0900. The zero-order valence-corrected chi connectivity index (χ0v) is 17.6. The first-order chi connectivity index (χ1) is 10.6. The van der Waals surface area contributed by atoms with Crippen molar-refractivity contribution in [3.63, 3.8) is 0 Å². The summed E-state index contributed by atoms with van der Waals surface area (Å²) in [5, 5.41) is 6.23. The highest BCUT2D eigenvalue weighted by Crippen LogP contribution is 2.25. The van der Waals surface area contributed by atoms with E-state index in [9.17, 15) is 8.42 Å². The predicted molar refractivity (Wildman–Crippen MR) is 108 cm³/mol. The third kappa shape index (κ3) is 11.1. The first-order valence-corrected chi connectivity index (χ1v) is 10.2. The van der Waals surface area contributed by atoms with Crippen molar-refractivity contribution in [1.29, 1.82) is 0 Å². The van der Waals surface area contributed by atoms with E-state index >= 15 is 0 Å². The maximum atomic E-state index is 11.9. The van der Waals surface area contributed by atoms with Crippen LogP contribution in [0.15, 0.2) is 4.99 Å². The van der Waals surface area contributed by atoms with Crippen molar-refractivity contribution < 1.29 is 8.42 Å². The lowest BCUT2D eigenvalue weighted by atomic mass is 9.86. The average molecular weight is 460 g/mol. The quantitative estimate of drug-likeness (QED) is 0.191. The number of halogens is 1. The lowest BCUT2D eigenvalue weighted by Crippen LogP contribution is -2.42. The van der Waals surface area contributed by atoms with Crippen molar-refractivity contribution in [2.45, 2.75) is 52.4 Å². The predicted octanol–water partition coefficient (Wildman–Crippen LogP) is 2.07. The van der Waals surface area contributed by atoms with Crippen LogP contribution in [0.1, 0.15) is 52.4 Å². The van der Waals surface area contributed by atoms with Gasteiger partial charge < -0.3 is 10.6 Å². The van der Waals surface area contributed by atoms with Gasteiger partial charge in [0.05, 0.1) is 5.75 Å². The number of nitrogens with one attached hydrogen (secondary N) is 3. The van der Waals surface area contributed by atoms with Crippen LogP contribution in [-0.2, 0) is 10.0 Å². The molecule has 1 aliphatic carbocycles. The molecular weight excluding hydrogens is 427 g/mol. The Balaban J connectivity index is 0.00000484. The molecule has 138 valence electrons. The molecule has 0 aromatic rings. The molecule has 6 nitrogen and oxygen atoms in total. The van der Waals surface area contributed by atoms with E-state index in [1.807, 2.05) is 6.92 Å². The maximum Gasteiger partial charge on any atom is 0.213 e. The van der Waals surface area contributed by atoms with Crippen molar-refractivity contribution in [2.24, 2.45) is 10.9 Å². The molecule has 8 heteroatoms. The van der Waals surface area contributed by atoms with Crippen molar-refractivity contribution in [1.82, 2.24) is 15.4 Å². The van der Waals surface area contributed by atoms with Gasteiger partial charge in [-0.1, -0.05) is 26.2 Å². The molecule has 3 N–H and O–H groups in total. The SMILES string of the molecule is CCCCCN=C(NCC)NCCS(=O)(=O)NCC1CCC1.I. The van der Waals surface area contributed by atoms with Crippen LogP contribution in [0.5, 0.6) is 0 Å². The Labute approximate surface area is 158 Å². The first-order valence-electron chi connectivity index (χ1n) is 8.57. The molecule has 1 aliphatic rings. The molecule has 0 heterocycles. The Morgan fingerprint density at radius 2 is 1.91 bits per heavy atom. The van der Waals surface area contributed by atoms with E-state index in [1.54, 1.807) is 0 Å². The number of nitrogens with zero attached hydrogens (tertiary/aromatic N) is 1. The summed E-state index contributed by atoms with van der Waals surface area (Å²) in [4.78, 5) is 4.45. The molecule has 1 saturated carbocycles. The molecule has 1 rings (SSSR count). The Bertz CT molecular complexity index is 425. The minimum Gasteiger partial charge on any atom is -0.357 e. The molecule has 1 fully saturated rings. The van der Waals surface area contributed by atoms with Crippen LogP contribution in [0.3, 0.4) is 0 Å². The van der Waals surface area contributed by atoms with Crippen LogP contribution in [-0.4, -0.2) is 46.3 Å². The molecule has 0 spiro atoms. The lowest BCUT2D eigenvalue weighted by Gasteiger charge is -2.25. The fraction of sp³-hybridized carbons (Fsp3) is 0.933. The van der Waals surface area contributed by atoms with E-state index in [-0.39, 0.29) is 29.7 Å². The lowest BCUT2D eigenvalue weighted by molar-refractivity contribution is 0.316. The topological polar surface area (TPSA) is 82.6 Å². The molecule has 0 atom stereocenters. The van der Waals surface area contributed by atoms with E-state index < -0.39 is 10.0 Å². The zero-order valence-electron chi connectivity index (χ0n) is 14.4. The fourth-order valence-electron chi connectivity index (χ4n) is 2.21. The van der Waals surface area contributed by atoms with Crippen LogP contribution in [0.4, 0.5) is 0 Å². The van der Waals surface area contributed by atoms with Gasteiger partial charge in [-0.15, -0.1) is 24.0 Å². The Kier molecular flexibility index (Phi) is 13.2. The highest BCUT2D eigenvalue weighted by molar-refractivity contribution is 14.0. The number of rotatable bonds is 11. The number of guanidine groups is 1. The van der Waals surface area contributed by atoms with Crippen LogP contribution in [0, 0.1) is 5.92 Å². The van der Waals surface area contributed by atoms with Crippen molar-refractivity contribution in [2.75, 3.05) is 31.9 Å². The van der Waals surface area contributed by atoms with Crippen molar-refractivity contribution in [3.05, 3.63) is 0 Å². The van der Waals surface area contributed by atoms with Gasteiger partial charge in [0.25, 0.3) is 0 Å². The minimum atomic E-state index is -3.19. The van der Waals surface area contributed by atoms with E-state index in [4.69, 9.17) is 0 Å². The highest BCUT2D eigenvalue weighted by Gasteiger charge is 2.19. The second-order valence-corrected chi connectivity index (χ2v) is 7.79. The molecule has 0 unspecified atom stereocenters. The van der Waals surface area contributed by atoms with Crippen molar-refractivity contribution in [3.8, 4) is 0 Å². The van der Waals surface area contributed by atoms with E-state index in [1.165, 1.54) is 19.3 Å². The molecule has 0 aliphatic heterocycles. The molecule has 0 amide bonds. The monoisotopic (exact) mass is 460 g/mol. The number of aliphatic imine (C=N–C) groups is 1. The fourth-order valence-corrected chi connectivity index (χ4v) is 3.22. The smallest absolute Gasteiger partial charge is 0.213 e. The summed E-state index contributed by atoms with van der Waals surface area (Å²) in [5.74, 6) is 1.33. The van der Waals surface area contributed by atoms with Gasteiger partial charge in [-0.25, -0.2) is 13.1 Å². The van der Waals surface area contributed by atoms with Gasteiger partial charge in [0.1, 0.15) is 0 Å².